The molecule has 0 saturated carbocycles. The molecule has 0 spiro atoms. The third-order valence-corrected chi connectivity index (χ3v) is 3.98. The van der Waals surface area contributed by atoms with Gasteiger partial charge < -0.3 is 9.26 Å². The number of hydrogen-bond acceptors (Lipinski definition) is 3. The lowest BCUT2D eigenvalue weighted by Gasteiger charge is -2.06. The van der Waals surface area contributed by atoms with Gasteiger partial charge in [0.2, 0.25) is 0 Å². The molecule has 3 rings (SSSR count). The second kappa shape index (κ2) is 6.44. The summed E-state index contributed by atoms with van der Waals surface area (Å²) in [4.78, 5) is 0. The quantitative estimate of drug-likeness (QED) is 0.522. The maximum Gasteiger partial charge on any atom is 0.189 e. The van der Waals surface area contributed by atoms with Crippen molar-refractivity contribution in [3.63, 3.8) is 0 Å². The molecule has 1 heterocycles. The zero-order chi connectivity index (χ0) is 15.7. The lowest BCUT2D eigenvalue weighted by molar-refractivity contribution is 0.344. The molecule has 0 aliphatic heterocycles. The lowest BCUT2D eigenvalue weighted by Crippen LogP contribution is -1.98. The first-order chi connectivity index (χ1) is 10.6. The van der Waals surface area contributed by atoms with Gasteiger partial charge >= 0.3 is 0 Å². The fourth-order valence-corrected chi connectivity index (χ4v) is 2.66. The lowest BCUT2D eigenvalue weighted by atomic mass is 10.1. The number of halogens is 4. The van der Waals surface area contributed by atoms with Crippen LogP contribution in [-0.2, 0) is 0 Å². The predicted molar refractivity (Wildman–Crippen MR) is 88.7 cm³/mol. The van der Waals surface area contributed by atoms with Crippen LogP contribution in [0.2, 0.25) is 10.0 Å². The molecule has 0 bridgehead atoms. The van der Waals surface area contributed by atoms with Gasteiger partial charge in [0.15, 0.2) is 5.58 Å². The number of aromatic nitrogens is 1. The minimum atomic E-state index is -0.474. The maximum atomic E-state index is 14.1. The van der Waals surface area contributed by atoms with Crippen molar-refractivity contribution in [3.8, 4) is 17.0 Å². The molecule has 0 aliphatic carbocycles. The SMILES string of the molecule is Fc1cc(Cl)ccc1-c1noc2c(Cl)c(OCCBr)ccc12. The van der Waals surface area contributed by atoms with Gasteiger partial charge in [-0.2, -0.15) is 0 Å². The molecule has 0 radical (unpaired) electrons. The summed E-state index contributed by atoms with van der Waals surface area (Å²) in [6.45, 7) is 0.470. The third-order valence-electron chi connectivity index (χ3n) is 3.07. The van der Waals surface area contributed by atoms with E-state index in [1.54, 1.807) is 24.3 Å². The fourth-order valence-electron chi connectivity index (χ4n) is 2.09. The number of benzene rings is 2. The van der Waals surface area contributed by atoms with Crippen LogP contribution in [0, 0.1) is 5.82 Å². The van der Waals surface area contributed by atoms with E-state index in [0.29, 0.717) is 50.0 Å². The third kappa shape index (κ3) is 2.81. The van der Waals surface area contributed by atoms with Crippen molar-refractivity contribution < 1.29 is 13.7 Å². The van der Waals surface area contributed by atoms with Crippen LogP contribution in [0.3, 0.4) is 0 Å². The summed E-state index contributed by atoms with van der Waals surface area (Å²) in [7, 11) is 0. The Balaban J connectivity index is 2.11. The van der Waals surface area contributed by atoms with Gasteiger partial charge in [-0.05, 0) is 30.3 Å². The summed E-state index contributed by atoms with van der Waals surface area (Å²) in [5, 5.41) is 5.85. The van der Waals surface area contributed by atoms with E-state index < -0.39 is 5.82 Å². The number of alkyl halides is 1. The highest BCUT2D eigenvalue weighted by molar-refractivity contribution is 9.09. The van der Waals surface area contributed by atoms with E-state index >= 15 is 0 Å². The molecule has 7 heteroatoms. The van der Waals surface area contributed by atoms with Crippen molar-refractivity contribution in [2.45, 2.75) is 0 Å². The molecule has 0 amide bonds. The average Bonchev–Trinajstić information content (AvgIpc) is 2.91. The van der Waals surface area contributed by atoms with Gasteiger partial charge in [-0.25, -0.2) is 4.39 Å². The Hall–Kier alpha value is -1.30. The Labute approximate surface area is 144 Å². The Bertz CT molecular complexity index is 838. The zero-order valence-electron chi connectivity index (χ0n) is 11.1. The summed E-state index contributed by atoms with van der Waals surface area (Å²) in [5.74, 6) is 0.0198. The van der Waals surface area contributed by atoms with E-state index in [0.717, 1.165) is 0 Å². The van der Waals surface area contributed by atoms with Crippen molar-refractivity contribution in [3.05, 3.63) is 46.2 Å². The van der Waals surface area contributed by atoms with E-state index in [-0.39, 0.29) is 0 Å². The standard InChI is InChI=1S/C15H9BrCl2FNO2/c16-5-6-21-12-4-3-10-14(20-22-15(10)13(12)18)9-2-1-8(17)7-11(9)19/h1-4,7H,5-6H2. The van der Waals surface area contributed by atoms with E-state index in [2.05, 4.69) is 21.1 Å². The van der Waals surface area contributed by atoms with Crippen LogP contribution in [0.25, 0.3) is 22.2 Å². The van der Waals surface area contributed by atoms with Crippen LogP contribution in [0.5, 0.6) is 5.75 Å². The van der Waals surface area contributed by atoms with Crippen LogP contribution in [0.15, 0.2) is 34.9 Å². The molecule has 0 N–H and O–H groups in total. The Morgan fingerprint density at radius 3 is 2.77 bits per heavy atom. The fraction of sp³-hybridized carbons (Fsp3) is 0.133. The summed E-state index contributed by atoms with van der Waals surface area (Å²) < 4.78 is 24.8. The number of fused-ring (bicyclic) bond motifs is 1. The first-order valence-electron chi connectivity index (χ1n) is 6.34. The summed E-state index contributed by atoms with van der Waals surface area (Å²) in [6.07, 6.45) is 0. The van der Waals surface area contributed by atoms with Crippen LogP contribution in [0.4, 0.5) is 4.39 Å². The van der Waals surface area contributed by atoms with Crippen LogP contribution >= 0.6 is 39.1 Å². The molecule has 114 valence electrons. The van der Waals surface area contributed by atoms with Gasteiger partial charge in [0.25, 0.3) is 0 Å². The molecule has 0 unspecified atom stereocenters. The van der Waals surface area contributed by atoms with Gasteiger partial charge in [-0.1, -0.05) is 44.3 Å². The second-order valence-corrected chi connectivity index (χ2v) is 6.05. The Kier molecular flexibility index (Phi) is 4.57. The van der Waals surface area contributed by atoms with Crippen LogP contribution in [0.1, 0.15) is 0 Å². The number of ether oxygens (including phenoxy) is 1. The smallest absolute Gasteiger partial charge is 0.189 e. The van der Waals surface area contributed by atoms with Crippen LogP contribution < -0.4 is 4.74 Å². The highest BCUT2D eigenvalue weighted by atomic mass is 79.9. The van der Waals surface area contributed by atoms with Crippen molar-refractivity contribution in [2.24, 2.45) is 0 Å². The molecule has 0 aliphatic rings. The van der Waals surface area contributed by atoms with Crippen molar-refractivity contribution >= 4 is 50.1 Å². The summed E-state index contributed by atoms with van der Waals surface area (Å²) in [5.41, 5.74) is 1.03. The van der Waals surface area contributed by atoms with E-state index in [1.807, 2.05) is 0 Å². The molecule has 0 fully saturated rings. The normalized spacial score (nSPS) is 11.1. The minimum Gasteiger partial charge on any atom is -0.491 e. The summed E-state index contributed by atoms with van der Waals surface area (Å²) in [6, 6.07) is 7.83. The van der Waals surface area contributed by atoms with Crippen molar-refractivity contribution in [1.29, 1.82) is 0 Å². The highest BCUT2D eigenvalue weighted by Gasteiger charge is 2.18. The Morgan fingerprint density at radius 2 is 2.05 bits per heavy atom. The van der Waals surface area contributed by atoms with E-state index in [4.69, 9.17) is 32.5 Å². The van der Waals surface area contributed by atoms with Gasteiger partial charge in [-0.3, -0.25) is 0 Å². The molecule has 1 aromatic heterocycles. The topological polar surface area (TPSA) is 35.3 Å². The number of nitrogens with zero attached hydrogens (tertiary/aromatic N) is 1. The molecular formula is C15H9BrCl2FNO2. The largest absolute Gasteiger partial charge is 0.491 e. The minimum absolute atomic E-state index is 0.299. The molecule has 22 heavy (non-hydrogen) atoms. The van der Waals surface area contributed by atoms with E-state index in [9.17, 15) is 4.39 Å². The molecule has 0 atom stereocenters. The number of hydrogen-bond donors (Lipinski definition) is 0. The predicted octanol–water partition coefficient (Wildman–Crippen LogP) is 5.71. The van der Waals surface area contributed by atoms with Gasteiger partial charge in [0, 0.05) is 15.9 Å². The Morgan fingerprint density at radius 1 is 1.23 bits per heavy atom. The van der Waals surface area contributed by atoms with Gasteiger partial charge in [0.1, 0.15) is 22.3 Å². The molecular weight excluding hydrogens is 396 g/mol. The first kappa shape index (κ1) is 15.6. The van der Waals surface area contributed by atoms with Crippen molar-refractivity contribution in [2.75, 3.05) is 11.9 Å². The van der Waals surface area contributed by atoms with E-state index in [1.165, 1.54) is 6.07 Å². The van der Waals surface area contributed by atoms with Gasteiger partial charge in [0.05, 0.1) is 12.0 Å². The highest BCUT2D eigenvalue weighted by Crippen LogP contribution is 2.38. The summed E-state index contributed by atoms with van der Waals surface area (Å²) >= 11 is 15.3. The maximum absolute atomic E-state index is 14.1. The molecule has 0 saturated heterocycles. The van der Waals surface area contributed by atoms with Crippen molar-refractivity contribution in [1.82, 2.24) is 5.16 Å². The monoisotopic (exact) mass is 403 g/mol. The molecule has 2 aromatic carbocycles. The zero-order valence-corrected chi connectivity index (χ0v) is 14.2. The first-order valence-corrected chi connectivity index (χ1v) is 8.21. The number of rotatable bonds is 4. The average molecular weight is 405 g/mol. The van der Waals surface area contributed by atoms with Crippen LogP contribution in [-0.4, -0.2) is 17.1 Å². The van der Waals surface area contributed by atoms with Gasteiger partial charge in [-0.15, -0.1) is 0 Å². The molecule has 3 nitrogen and oxygen atoms in total. The second-order valence-electron chi connectivity index (χ2n) is 4.45. The molecule has 3 aromatic rings.